The lowest BCUT2D eigenvalue weighted by Crippen LogP contribution is -2.35. The largest absolute Gasteiger partial charge is 0.395 e. The summed E-state index contributed by atoms with van der Waals surface area (Å²) in [7, 11) is 0. The van der Waals surface area contributed by atoms with E-state index in [1.165, 1.54) is 12.5 Å². The molecule has 0 spiro atoms. The maximum atomic E-state index is 12.4. The molecule has 1 aromatic carbocycles. The number of β-amino-alcohol motifs (C(OH)–C–C–N with tert-alkyl or cyclic N) is 1. The van der Waals surface area contributed by atoms with Gasteiger partial charge in [-0.3, -0.25) is 14.5 Å². The molecule has 1 unspecified atom stereocenters. The van der Waals surface area contributed by atoms with Gasteiger partial charge in [-0.15, -0.1) is 0 Å². The highest BCUT2D eigenvalue weighted by atomic mass is 35.5. The highest BCUT2D eigenvalue weighted by Gasteiger charge is 2.31. The van der Waals surface area contributed by atoms with Crippen LogP contribution in [0.3, 0.4) is 0 Å². The average Bonchev–Trinajstić information content (AvgIpc) is 2.83. The number of aliphatic hydroxyl groups is 1. The number of imide groups is 1. The number of halogens is 1. The van der Waals surface area contributed by atoms with Crippen LogP contribution in [0.25, 0.3) is 0 Å². The molecule has 0 radical (unpaired) electrons. The van der Waals surface area contributed by atoms with E-state index in [0.717, 1.165) is 30.1 Å². The molecule has 1 atom stereocenters. The Hall–Kier alpha value is -2.05. The molecule has 3 rings (SSSR count). The van der Waals surface area contributed by atoms with Crippen LogP contribution < -0.4 is 10.2 Å². The van der Waals surface area contributed by atoms with E-state index in [4.69, 9.17) is 16.7 Å². The second-order valence-corrected chi connectivity index (χ2v) is 6.99. The molecule has 25 heavy (non-hydrogen) atoms. The normalized spacial score (nSPS) is 20.9. The van der Waals surface area contributed by atoms with Crippen LogP contribution in [0.1, 0.15) is 19.8 Å². The summed E-state index contributed by atoms with van der Waals surface area (Å²) in [6.45, 7) is 3.85. The zero-order valence-electron chi connectivity index (χ0n) is 14.2. The Morgan fingerprint density at radius 1 is 1.36 bits per heavy atom. The summed E-state index contributed by atoms with van der Waals surface area (Å²) in [6, 6.07) is 5.54. The number of carbonyl (C=O) groups excluding carboxylic acids is 2. The van der Waals surface area contributed by atoms with Gasteiger partial charge in [-0.05, 0) is 37.0 Å². The number of amides is 2. The lowest BCUT2D eigenvalue weighted by molar-refractivity contribution is -0.137. The number of anilines is 2. The molecule has 1 saturated heterocycles. The van der Waals surface area contributed by atoms with E-state index in [9.17, 15) is 9.59 Å². The number of rotatable bonds is 5. The summed E-state index contributed by atoms with van der Waals surface area (Å²) in [6.07, 6.45) is 3.59. The van der Waals surface area contributed by atoms with Crippen LogP contribution >= 0.6 is 11.6 Å². The third-order valence-electron chi connectivity index (χ3n) is 4.56. The van der Waals surface area contributed by atoms with Crippen LogP contribution in [-0.2, 0) is 9.59 Å². The summed E-state index contributed by atoms with van der Waals surface area (Å²) >= 11 is 6.14. The third kappa shape index (κ3) is 3.80. The van der Waals surface area contributed by atoms with E-state index in [-0.39, 0.29) is 18.8 Å². The van der Waals surface area contributed by atoms with Gasteiger partial charge in [0.2, 0.25) is 0 Å². The van der Waals surface area contributed by atoms with Gasteiger partial charge >= 0.3 is 0 Å². The molecule has 2 heterocycles. The predicted octanol–water partition coefficient (Wildman–Crippen LogP) is 2.23. The van der Waals surface area contributed by atoms with Gasteiger partial charge in [0.25, 0.3) is 11.8 Å². The number of hydrogen-bond donors (Lipinski definition) is 2. The van der Waals surface area contributed by atoms with Crippen molar-refractivity contribution in [2.45, 2.75) is 19.8 Å². The SMILES string of the molecule is CC1CCCN(c2ccc(Cl)cc2NC2=CC(=O)N(CCO)C2=O)C1. The van der Waals surface area contributed by atoms with E-state index in [2.05, 4.69) is 17.1 Å². The molecule has 2 amide bonds. The first-order chi connectivity index (χ1) is 12.0. The minimum absolute atomic E-state index is 0.00854. The highest BCUT2D eigenvalue weighted by molar-refractivity contribution is 6.31. The van der Waals surface area contributed by atoms with Crippen molar-refractivity contribution >= 4 is 34.8 Å². The Balaban J connectivity index is 1.85. The lowest BCUT2D eigenvalue weighted by Gasteiger charge is -2.34. The Bertz CT molecular complexity index is 720. The summed E-state index contributed by atoms with van der Waals surface area (Å²) in [5.74, 6) is -0.250. The highest BCUT2D eigenvalue weighted by Crippen LogP contribution is 2.33. The molecule has 0 bridgehead atoms. The van der Waals surface area contributed by atoms with E-state index in [0.29, 0.717) is 16.6 Å². The molecule has 1 aromatic rings. The molecule has 1 fully saturated rings. The molecule has 0 aromatic heterocycles. The summed E-state index contributed by atoms with van der Waals surface area (Å²) in [4.78, 5) is 27.6. The van der Waals surface area contributed by atoms with Crippen molar-refractivity contribution < 1.29 is 14.7 Å². The molecule has 7 heteroatoms. The number of piperidine rings is 1. The minimum Gasteiger partial charge on any atom is -0.395 e. The van der Waals surface area contributed by atoms with Gasteiger partial charge in [-0.25, -0.2) is 0 Å². The van der Waals surface area contributed by atoms with Crippen LogP contribution in [0.15, 0.2) is 30.0 Å². The quantitative estimate of drug-likeness (QED) is 0.785. The first-order valence-electron chi connectivity index (χ1n) is 8.49. The standard InChI is InChI=1S/C18H22ClN3O3/c1-12-3-2-6-21(11-12)16-5-4-13(19)9-14(16)20-15-10-17(24)22(7-8-23)18(15)25/h4-5,9-10,12,20,23H,2-3,6-8,11H2,1H3. The number of aliphatic hydroxyl groups excluding tert-OH is 1. The average molecular weight is 364 g/mol. The van der Waals surface area contributed by atoms with Crippen molar-refractivity contribution in [3.63, 3.8) is 0 Å². The van der Waals surface area contributed by atoms with Gasteiger partial charge in [0.15, 0.2) is 0 Å². The Kier molecular flexibility index (Phi) is 5.30. The van der Waals surface area contributed by atoms with Gasteiger partial charge in [0, 0.05) is 24.2 Å². The first-order valence-corrected chi connectivity index (χ1v) is 8.87. The summed E-state index contributed by atoms with van der Waals surface area (Å²) in [5, 5.41) is 12.6. The topological polar surface area (TPSA) is 72.9 Å². The van der Waals surface area contributed by atoms with Crippen LogP contribution in [0.5, 0.6) is 0 Å². The summed E-state index contributed by atoms with van der Waals surface area (Å²) < 4.78 is 0. The third-order valence-corrected chi connectivity index (χ3v) is 4.79. The van der Waals surface area contributed by atoms with Gasteiger partial charge in [-0.1, -0.05) is 18.5 Å². The monoisotopic (exact) mass is 363 g/mol. The number of nitrogens with zero attached hydrogens (tertiary/aromatic N) is 2. The van der Waals surface area contributed by atoms with Gasteiger partial charge in [0.1, 0.15) is 5.70 Å². The molecular weight excluding hydrogens is 342 g/mol. The predicted molar refractivity (Wildman–Crippen MR) is 97.6 cm³/mol. The van der Waals surface area contributed by atoms with Crippen LogP contribution in [-0.4, -0.2) is 48.1 Å². The minimum atomic E-state index is -0.433. The second kappa shape index (κ2) is 7.45. The molecule has 6 nitrogen and oxygen atoms in total. The molecule has 2 aliphatic heterocycles. The fourth-order valence-corrected chi connectivity index (χ4v) is 3.52. The fourth-order valence-electron chi connectivity index (χ4n) is 3.35. The molecule has 2 aliphatic rings. The summed E-state index contributed by atoms with van der Waals surface area (Å²) in [5.41, 5.74) is 1.88. The second-order valence-electron chi connectivity index (χ2n) is 6.56. The molecule has 0 saturated carbocycles. The van der Waals surface area contributed by atoms with E-state index in [1.54, 1.807) is 6.07 Å². The Labute approximate surface area is 152 Å². The van der Waals surface area contributed by atoms with E-state index < -0.39 is 11.8 Å². The van der Waals surface area contributed by atoms with Crippen LogP contribution in [0.4, 0.5) is 11.4 Å². The van der Waals surface area contributed by atoms with Crippen molar-refractivity contribution in [2.24, 2.45) is 5.92 Å². The zero-order valence-corrected chi connectivity index (χ0v) is 14.9. The number of carbonyl (C=O) groups is 2. The smallest absolute Gasteiger partial charge is 0.277 e. The molecule has 134 valence electrons. The first kappa shape index (κ1) is 17.8. The van der Waals surface area contributed by atoms with Crippen molar-refractivity contribution in [3.8, 4) is 0 Å². The Morgan fingerprint density at radius 2 is 2.16 bits per heavy atom. The number of nitrogens with one attached hydrogen (secondary N) is 1. The van der Waals surface area contributed by atoms with E-state index >= 15 is 0 Å². The van der Waals surface area contributed by atoms with Crippen molar-refractivity contribution in [1.29, 1.82) is 0 Å². The van der Waals surface area contributed by atoms with Crippen molar-refractivity contribution in [3.05, 3.63) is 35.0 Å². The lowest BCUT2D eigenvalue weighted by atomic mass is 9.99. The van der Waals surface area contributed by atoms with Crippen molar-refractivity contribution in [1.82, 2.24) is 4.90 Å². The van der Waals surface area contributed by atoms with Gasteiger partial charge < -0.3 is 15.3 Å². The maximum absolute atomic E-state index is 12.4. The maximum Gasteiger partial charge on any atom is 0.277 e. The number of benzene rings is 1. The molecule has 0 aliphatic carbocycles. The molecular formula is C18H22ClN3O3. The van der Waals surface area contributed by atoms with Gasteiger partial charge in [0.05, 0.1) is 24.5 Å². The van der Waals surface area contributed by atoms with Gasteiger partial charge in [-0.2, -0.15) is 0 Å². The fraction of sp³-hybridized carbons (Fsp3) is 0.444. The van der Waals surface area contributed by atoms with E-state index in [1.807, 2.05) is 12.1 Å². The molecule has 2 N–H and O–H groups in total. The zero-order chi connectivity index (χ0) is 18.0. The van der Waals surface area contributed by atoms with Crippen LogP contribution in [0.2, 0.25) is 5.02 Å². The Morgan fingerprint density at radius 3 is 2.88 bits per heavy atom. The number of hydrogen-bond acceptors (Lipinski definition) is 5. The van der Waals surface area contributed by atoms with Crippen LogP contribution in [0, 0.1) is 5.92 Å². The van der Waals surface area contributed by atoms with Crippen molar-refractivity contribution in [2.75, 3.05) is 36.5 Å².